The van der Waals surface area contributed by atoms with E-state index in [0.717, 1.165) is 5.56 Å². The van der Waals surface area contributed by atoms with Crippen molar-refractivity contribution in [1.82, 2.24) is 4.90 Å². The van der Waals surface area contributed by atoms with Crippen LogP contribution in [-0.4, -0.2) is 24.5 Å². The molecule has 0 saturated heterocycles. The molecular formula is C28H27F6NO3. The number of carbonyl (C=O) groups is 1. The van der Waals surface area contributed by atoms with Crippen LogP contribution in [0.3, 0.4) is 0 Å². The Morgan fingerprint density at radius 1 is 0.816 bits per heavy atom. The van der Waals surface area contributed by atoms with Crippen LogP contribution in [0.5, 0.6) is 11.5 Å². The van der Waals surface area contributed by atoms with Crippen molar-refractivity contribution >= 4 is 5.91 Å². The Balaban J connectivity index is 1.90. The fourth-order valence-corrected chi connectivity index (χ4v) is 3.81. The summed E-state index contributed by atoms with van der Waals surface area (Å²) in [7, 11) is 1.44. The zero-order chi connectivity index (χ0) is 28.1. The SMILES string of the molecule is COc1cc(CN(CC(C)C)C(=O)c2cc(C(F)(F)F)cc(C(F)(F)F)c2)ccc1OCc1ccccc1. The topological polar surface area (TPSA) is 38.8 Å². The number of halogens is 6. The van der Waals surface area contributed by atoms with Gasteiger partial charge in [0.2, 0.25) is 0 Å². The zero-order valence-corrected chi connectivity index (χ0v) is 21.0. The highest BCUT2D eigenvalue weighted by atomic mass is 19.4. The van der Waals surface area contributed by atoms with Gasteiger partial charge in [-0.1, -0.05) is 50.2 Å². The molecule has 0 aliphatic rings. The van der Waals surface area contributed by atoms with Crippen molar-refractivity contribution in [1.29, 1.82) is 0 Å². The fraction of sp³-hybridized carbons (Fsp3) is 0.321. The van der Waals surface area contributed by atoms with Crippen LogP contribution in [0.25, 0.3) is 0 Å². The van der Waals surface area contributed by atoms with Crippen LogP contribution in [0.2, 0.25) is 0 Å². The second-order valence-electron chi connectivity index (χ2n) is 9.13. The fourth-order valence-electron chi connectivity index (χ4n) is 3.81. The van der Waals surface area contributed by atoms with Crippen molar-refractivity contribution < 1.29 is 40.6 Å². The van der Waals surface area contributed by atoms with E-state index in [0.29, 0.717) is 29.2 Å². The van der Waals surface area contributed by atoms with Crippen molar-refractivity contribution in [2.45, 2.75) is 39.4 Å². The van der Waals surface area contributed by atoms with Crippen molar-refractivity contribution in [3.05, 3.63) is 94.5 Å². The molecule has 0 aliphatic heterocycles. The molecule has 4 nitrogen and oxygen atoms in total. The molecule has 0 spiro atoms. The molecule has 10 heteroatoms. The van der Waals surface area contributed by atoms with Crippen molar-refractivity contribution in [3.8, 4) is 11.5 Å². The van der Waals surface area contributed by atoms with Crippen LogP contribution in [0.4, 0.5) is 26.3 Å². The van der Waals surface area contributed by atoms with Gasteiger partial charge in [-0.15, -0.1) is 0 Å². The lowest BCUT2D eigenvalue weighted by atomic mass is 10.0. The molecule has 0 fully saturated rings. The zero-order valence-electron chi connectivity index (χ0n) is 21.0. The average Bonchev–Trinajstić information content (AvgIpc) is 2.86. The number of ether oxygens (including phenoxy) is 2. The molecule has 204 valence electrons. The summed E-state index contributed by atoms with van der Waals surface area (Å²) in [6, 6.07) is 15.3. The Labute approximate surface area is 216 Å². The van der Waals surface area contributed by atoms with Gasteiger partial charge in [0.1, 0.15) is 6.61 Å². The molecule has 0 radical (unpaired) electrons. The Kier molecular flexibility index (Phi) is 8.96. The van der Waals surface area contributed by atoms with E-state index >= 15 is 0 Å². The van der Waals surface area contributed by atoms with Gasteiger partial charge in [0.25, 0.3) is 5.91 Å². The van der Waals surface area contributed by atoms with E-state index < -0.39 is 35.0 Å². The van der Waals surface area contributed by atoms with Gasteiger partial charge in [0.15, 0.2) is 11.5 Å². The lowest BCUT2D eigenvalue weighted by Crippen LogP contribution is -2.34. The molecule has 0 heterocycles. The average molecular weight is 540 g/mol. The third-order valence-electron chi connectivity index (χ3n) is 5.55. The first-order chi connectivity index (χ1) is 17.8. The first-order valence-corrected chi connectivity index (χ1v) is 11.7. The van der Waals surface area contributed by atoms with Crippen LogP contribution >= 0.6 is 0 Å². The number of nitrogens with zero attached hydrogens (tertiary/aromatic N) is 1. The Hall–Kier alpha value is -3.69. The predicted octanol–water partition coefficient (Wildman–Crippen LogP) is 7.61. The quantitative estimate of drug-likeness (QED) is 0.263. The molecule has 38 heavy (non-hydrogen) atoms. The highest BCUT2D eigenvalue weighted by molar-refractivity contribution is 5.94. The maximum Gasteiger partial charge on any atom is 0.416 e. The largest absolute Gasteiger partial charge is 0.493 e. The second kappa shape index (κ2) is 11.8. The van der Waals surface area contributed by atoms with Crippen LogP contribution in [0.1, 0.15) is 46.5 Å². The number of alkyl halides is 6. The van der Waals surface area contributed by atoms with E-state index in [1.54, 1.807) is 32.0 Å². The number of benzene rings is 3. The van der Waals surface area contributed by atoms with Gasteiger partial charge < -0.3 is 14.4 Å². The Morgan fingerprint density at radius 3 is 1.95 bits per heavy atom. The standard InChI is InChI=1S/C28H27F6NO3/c1-18(2)15-35(26(36)21-12-22(27(29,30)31)14-23(13-21)28(32,33)34)16-20-9-10-24(25(11-20)37-3)38-17-19-7-5-4-6-8-19/h4-14,18H,15-17H2,1-3H3. The molecule has 0 bridgehead atoms. The summed E-state index contributed by atoms with van der Waals surface area (Å²) in [5.74, 6) is -0.246. The summed E-state index contributed by atoms with van der Waals surface area (Å²) in [5.41, 5.74) is -2.27. The summed E-state index contributed by atoms with van der Waals surface area (Å²) < 4.78 is 91.2. The molecule has 3 rings (SSSR count). The van der Waals surface area contributed by atoms with Gasteiger partial charge >= 0.3 is 12.4 Å². The molecule has 0 saturated carbocycles. The van der Waals surface area contributed by atoms with E-state index in [4.69, 9.17) is 9.47 Å². The van der Waals surface area contributed by atoms with E-state index in [1.807, 2.05) is 30.3 Å². The minimum Gasteiger partial charge on any atom is -0.493 e. The molecule has 3 aromatic rings. The maximum absolute atomic E-state index is 13.3. The Morgan fingerprint density at radius 2 is 1.42 bits per heavy atom. The van der Waals surface area contributed by atoms with E-state index in [9.17, 15) is 31.1 Å². The van der Waals surface area contributed by atoms with Gasteiger partial charge in [0.05, 0.1) is 18.2 Å². The van der Waals surface area contributed by atoms with Crippen LogP contribution in [0.15, 0.2) is 66.7 Å². The van der Waals surface area contributed by atoms with Crippen LogP contribution in [0, 0.1) is 5.92 Å². The Bertz CT molecular complexity index is 1210. The molecule has 0 N–H and O–H groups in total. The summed E-state index contributed by atoms with van der Waals surface area (Å²) in [6.45, 7) is 3.89. The lowest BCUT2D eigenvalue weighted by Gasteiger charge is -2.26. The normalized spacial score (nSPS) is 11.9. The summed E-state index contributed by atoms with van der Waals surface area (Å²) in [4.78, 5) is 14.5. The first-order valence-electron chi connectivity index (χ1n) is 11.7. The minimum atomic E-state index is -5.05. The van der Waals surface area contributed by atoms with E-state index in [-0.39, 0.29) is 31.7 Å². The first kappa shape index (κ1) is 28.9. The van der Waals surface area contributed by atoms with Crippen LogP contribution < -0.4 is 9.47 Å². The summed E-state index contributed by atoms with van der Waals surface area (Å²) >= 11 is 0. The number of hydrogen-bond donors (Lipinski definition) is 0. The molecule has 0 aliphatic carbocycles. The number of rotatable bonds is 9. The lowest BCUT2D eigenvalue weighted by molar-refractivity contribution is -0.143. The monoisotopic (exact) mass is 539 g/mol. The molecule has 3 aromatic carbocycles. The number of amides is 1. The van der Waals surface area contributed by atoms with Gasteiger partial charge in [-0.2, -0.15) is 26.3 Å². The third-order valence-corrected chi connectivity index (χ3v) is 5.55. The number of carbonyl (C=O) groups excluding carboxylic acids is 1. The minimum absolute atomic E-state index is 0.00258. The molecule has 0 atom stereocenters. The van der Waals surface area contributed by atoms with Gasteiger partial charge in [-0.05, 0) is 47.4 Å². The van der Waals surface area contributed by atoms with Gasteiger partial charge in [0, 0.05) is 18.7 Å². The highest BCUT2D eigenvalue weighted by Crippen LogP contribution is 2.37. The van der Waals surface area contributed by atoms with Crippen molar-refractivity contribution in [2.24, 2.45) is 5.92 Å². The molecule has 0 aromatic heterocycles. The van der Waals surface area contributed by atoms with E-state index in [2.05, 4.69) is 0 Å². The van der Waals surface area contributed by atoms with E-state index in [1.165, 1.54) is 12.0 Å². The third kappa shape index (κ3) is 7.66. The molecule has 1 amide bonds. The maximum atomic E-state index is 13.3. The number of hydrogen-bond acceptors (Lipinski definition) is 3. The number of methoxy groups -OCH3 is 1. The summed E-state index contributed by atoms with van der Waals surface area (Å²) in [6.07, 6.45) is -10.1. The van der Waals surface area contributed by atoms with Gasteiger partial charge in [-0.3, -0.25) is 4.79 Å². The smallest absolute Gasteiger partial charge is 0.416 e. The second-order valence-corrected chi connectivity index (χ2v) is 9.13. The molecule has 0 unspecified atom stereocenters. The highest BCUT2D eigenvalue weighted by Gasteiger charge is 2.38. The summed E-state index contributed by atoms with van der Waals surface area (Å²) in [5, 5.41) is 0. The predicted molar refractivity (Wildman–Crippen MR) is 130 cm³/mol. The van der Waals surface area contributed by atoms with Crippen molar-refractivity contribution in [2.75, 3.05) is 13.7 Å². The van der Waals surface area contributed by atoms with Gasteiger partial charge in [-0.25, -0.2) is 0 Å². The molecular weight excluding hydrogens is 512 g/mol. The van der Waals surface area contributed by atoms with Crippen LogP contribution in [-0.2, 0) is 25.5 Å². The van der Waals surface area contributed by atoms with Crippen molar-refractivity contribution in [3.63, 3.8) is 0 Å².